The van der Waals surface area contributed by atoms with E-state index in [9.17, 15) is 4.79 Å². The van der Waals surface area contributed by atoms with Gasteiger partial charge in [-0.15, -0.1) is 11.8 Å². The van der Waals surface area contributed by atoms with Crippen LogP contribution in [-0.4, -0.2) is 28.6 Å². The lowest BCUT2D eigenvalue weighted by Gasteiger charge is -2.39. The van der Waals surface area contributed by atoms with E-state index >= 15 is 0 Å². The molecule has 0 aliphatic carbocycles. The van der Waals surface area contributed by atoms with Crippen molar-refractivity contribution in [3.8, 4) is 0 Å². The van der Waals surface area contributed by atoms with Crippen LogP contribution in [-0.2, 0) is 10.5 Å². The van der Waals surface area contributed by atoms with Gasteiger partial charge in [-0.05, 0) is 50.8 Å². The predicted molar refractivity (Wildman–Crippen MR) is 87.2 cm³/mol. The maximum Gasteiger partial charge on any atom is 0.233 e. The van der Waals surface area contributed by atoms with Crippen LogP contribution in [0.15, 0.2) is 24.3 Å². The number of hydrogen-bond acceptors (Lipinski definition) is 2. The van der Waals surface area contributed by atoms with Crippen molar-refractivity contribution in [1.29, 1.82) is 0 Å². The third-order valence-electron chi connectivity index (χ3n) is 3.89. The molecule has 1 saturated heterocycles. The molecule has 0 bridgehead atoms. The first-order valence-corrected chi connectivity index (χ1v) is 8.74. The van der Waals surface area contributed by atoms with Crippen LogP contribution in [0.1, 0.15) is 38.7 Å². The van der Waals surface area contributed by atoms with Crippen LogP contribution >= 0.6 is 23.4 Å². The summed E-state index contributed by atoms with van der Waals surface area (Å²) in [5, 5.41) is 0.755. The Hall–Kier alpha value is -0.670. The second-order valence-electron chi connectivity index (χ2n) is 5.55. The molecule has 20 heavy (non-hydrogen) atoms. The van der Waals surface area contributed by atoms with Gasteiger partial charge in [0, 0.05) is 22.9 Å². The number of piperidine rings is 1. The van der Waals surface area contributed by atoms with Gasteiger partial charge < -0.3 is 4.90 Å². The Labute approximate surface area is 130 Å². The lowest BCUT2D eigenvalue weighted by Crippen LogP contribution is -2.48. The molecule has 1 heterocycles. The molecule has 110 valence electrons. The largest absolute Gasteiger partial charge is 0.337 e. The second-order valence-corrected chi connectivity index (χ2v) is 6.97. The number of hydrogen-bond donors (Lipinski definition) is 0. The summed E-state index contributed by atoms with van der Waals surface area (Å²) in [5.74, 6) is 1.71. The van der Waals surface area contributed by atoms with Crippen molar-refractivity contribution in [3.63, 3.8) is 0 Å². The monoisotopic (exact) mass is 311 g/mol. The van der Waals surface area contributed by atoms with E-state index in [4.69, 9.17) is 11.6 Å². The molecule has 2 unspecified atom stereocenters. The van der Waals surface area contributed by atoms with Gasteiger partial charge in [0.15, 0.2) is 0 Å². The lowest BCUT2D eigenvalue weighted by atomic mass is 9.98. The Kier molecular flexibility index (Phi) is 5.79. The van der Waals surface area contributed by atoms with Gasteiger partial charge >= 0.3 is 0 Å². The first-order valence-electron chi connectivity index (χ1n) is 7.21. The molecular formula is C16H22ClNOS. The molecule has 0 spiro atoms. The van der Waals surface area contributed by atoms with Gasteiger partial charge in [0.05, 0.1) is 5.75 Å². The highest BCUT2D eigenvalue weighted by molar-refractivity contribution is 7.99. The molecule has 0 aromatic heterocycles. The van der Waals surface area contributed by atoms with E-state index in [0.29, 0.717) is 17.8 Å². The highest BCUT2D eigenvalue weighted by Crippen LogP contribution is 2.24. The summed E-state index contributed by atoms with van der Waals surface area (Å²) < 4.78 is 0. The fourth-order valence-corrected chi connectivity index (χ4v) is 3.80. The number of benzene rings is 1. The molecule has 1 fully saturated rings. The average molecular weight is 312 g/mol. The fourth-order valence-electron chi connectivity index (χ4n) is 2.82. The molecular weight excluding hydrogens is 290 g/mol. The summed E-state index contributed by atoms with van der Waals surface area (Å²) in [7, 11) is 0. The van der Waals surface area contributed by atoms with Gasteiger partial charge in [-0.25, -0.2) is 0 Å². The molecule has 1 aromatic carbocycles. The normalized spacial score (nSPS) is 22.9. The molecule has 1 aliphatic heterocycles. The standard InChI is InChI=1S/C16H22ClNOS/c1-12-4-3-5-13(2)18(12)16(19)11-20-10-14-6-8-15(17)9-7-14/h6-9,12-13H,3-5,10-11H2,1-2H3. The number of carbonyl (C=O) groups is 1. The predicted octanol–water partition coefficient (Wildman–Crippen LogP) is 4.36. The summed E-state index contributed by atoms with van der Waals surface area (Å²) in [6.07, 6.45) is 3.51. The van der Waals surface area contributed by atoms with Crippen LogP contribution in [0.3, 0.4) is 0 Å². The smallest absolute Gasteiger partial charge is 0.233 e. The summed E-state index contributed by atoms with van der Waals surface area (Å²) in [6, 6.07) is 8.62. The van der Waals surface area contributed by atoms with E-state index in [1.54, 1.807) is 11.8 Å². The molecule has 0 N–H and O–H groups in total. The van der Waals surface area contributed by atoms with Crippen molar-refractivity contribution in [2.24, 2.45) is 0 Å². The number of rotatable bonds is 4. The number of carbonyl (C=O) groups excluding carboxylic acids is 1. The molecule has 2 atom stereocenters. The van der Waals surface area contributed by atoms with E-state index < -0.39 is 0 Å². The van der Waals surface area contributed by atoms with E-state index in [-0.39, 0.29) is 5.91 Å². The average Bonchev–Trinajstić information content (AvgIpc) is 2.41. The van der Waals surface area contributed by atoms with Crippen molar-refractivity contribution in [1.82, 2.24) is 4.90 Å². The van der Waals surface area contributed by atoms with Gasteiger partial charge in [-0.2, -0.15) is 0 Å². The molecule has 0 saturated carbocycles. The van der Waals surface area contributed by atoms with Crippen molar-refractivity contribution in [2.45, 2.75) is 50.9 Å². The van der Waals surface area contributed by atoms with Crippen molar-refractivity contribution < 1.29 is 4.79 Å². The molecule has 1 aromatic rings. The minimum atomic E-state index is 0.281. The lowest BCUT2D eigenvalue weighted by molar-refractivity contribution is -0.134. The van der Waals surface area contributed by atoms with Crippen molar-refractivity contribution in [2.75, 3.05) is 5.75 Å². The molecule has 0 radical (unpaired) electrons. The first-order chi connectivity index (χ1) is 9.58. The summed E-state index contributed by atoms with van der Waals surface area (Å²) in [6.45, 7) is 4.33. The summed E-state index contributed by atoms with van der Waals surface area (Å²) >= 11 is 7.55. The highest BCUT2D eigenvalue weighted by atomic mass is 35.5. The summed E-state index contributed by atoms with van der Waals surface area (Å²) in [5.41, 5.74) is 1.21. The van der Waals surface area contributed by atoms with Crippen LogP contribution in [0.5, 0.6) is 0 Å². The zero-order valence-electron chi connectivity index (χ0n) is 12.1. The van der Waals surface area contributed by atoms with Gasteiger partial charge in [0.2, 0.25) is 5.91 Å². The van der Waals surface area contributed by atoms with E-state index in [1.807, 2.05) is 24.3 Å². The van der Waals surface area contributed by atoms with E-state index in [1.165, 1.54) is 12.0 Å². The summed E-state index contributed by atoms with van der Waals surface area (Å²) in [4.78, 5) is 14.4. The molecule has 4 heteroatoms. The SMILES string of the molecule is CC1CCCC(C)N1C(=O)CSCc1ccc(Cl)cc1. The number of nitrogens with zero attached hydrogens (tertiary/aromatic N) is 1. The Bertz CT molecular complexity index is 438. The Balaban J connectivity index is 1.81. The van der Waals surface area contributed by atoms with Crippen molar-refractivity contribution >= 4 is 29.3 Å². The Morgan fingerprint density at radius 3 is 2.45 bits per heavy atom. The van der Waals surface area contributed by atoms with Crippen LogP contribution < -0.4 is 0 Å². The Morgan fingerprint density at radius 2 is 1.85 bits per heavy atom. The van der Waals surface area contributed by atoms with Crippen molar-refractivity contribution in [3.05, 3.63) is 34.9 Å². The van der Waals surface area contributed by atoms with Crippen LogP contribution in [0.4, 0.5) is 0 Å². The fraction of sp³-hybridized carbons (Fsp3) is 0.562. The topological polar surface area (TPSA) is 20.3 Å². The molecule has 1 amide bonds. The Morgan fingerprint density at radius 1 is 1.25 bits per heavy atom. The minimum Gasteiger partial charge on any atom is -0.337 e. The van der Waals surface area contributed by atoms with Gasteiger partial charge in [-0.1, -0.05) is 23.7 Å². The second kappa shape index (κ2) is 7.37. The zero-order valence-corrected chi connectivity index (χ0v) is 13.7. The third-order valence-corrected chi connectivity index (χ3v) is 5.13. The maximum absolute atomic E-state index is 12.3. The molecule has 1 aliphatic rings. The number of amides is 1. The zero-order chi connectivity index (χ0) is 14.5. The van der Waals surface area contributed by atoms with Crippen LogP contribution in [0.2, 0.25) is 5.02 Å². The quantitative estimate of drug-likeness (QED) is 0.823. The number of thioether (sulfide) groups is 1. The van der Waals surface area contributed by atoms with E-state index in [2.05, 4.69) is 18.7 Å². The minimum absolute atomic E-state index is 0.281. The first kappa shape index (κ1) is 15.7. The van der Waals surface area contributed by atoms with Crippen LogP contribution in [0.25, 0.3) is 0 Å². The van der Waals surface area contributed by atoms with Gasteiger partial charge in [-0.3, -0.25) is 4.79 Å². The molecule has 2 rings (SSSR count). The van der Waals surface area contributed by atoms with Crippen LogP contribution in [0, 0.1) is 0 Å². The molecule has 2 nitrogen and oxygen atoms in total. The number of halogens is 1. The maximum atomic E-state index is 12.3. The van der Waals surface area contributed by atoms with E-state index in [0.717, 1.165) is 23.6 Å². The highest BCUT2D eigenvalue weighted by Gasteiger charge is 2.28. The third kappa shape index (κ3) is 4.16. The number of likely N-dealkylation sites (tertiary alicyclic amines) is 1. The van der Waals surface area contributed by atoms with Gasteiger partial charge in [0.25, 0.3) is 0 Å². The van der Waals surface area contributed by atoms with Gasteiger partial charge in [0.1, 0.15) is 0 Å².